The lowest BCUT2D eigenvalue weighted by atomic mass is 10.0. The number of rotatable bonds is 10. The van der Waals surface area contributed by atoms with Crippen LogP contribution in [0, 0.1) is 5.82 Å². The second-order valence-corrected chi connectivity index (χ2v) is 8.65. The van der Waals surface area contributed by atoms with Crippen molar-refractivity contribution in [2.75, 3.05) is 19.7 Å². The molecule has 1 heterocycles. The van der Waals surface area contributed by atoms with Crippen molar-refractivity contribution in [3.8, 4) is 5.75 Å². The third kappa shape index (κ3) is 7.29. The predicted octanol–water partition coefficient (Wildman–Crippen LogP) is 5.28. The normalized spacial score (nSPS) is 16.5. The van der Waals surface area contributed by atoms with Crippen molar-refractivity contribution in [3.05, 3.63) is 101 Å². The summed E-state index contributed by atoms with van der Waals surface area (Å²) in [6.07, 6.45) is -5.27. The van der Waals surface area contributed by atoms with Gasteiger partial charge in [0.15, 0.2) is 0 Å². The summed E-state index contributed by atoms with van der Waals surface area (Å²) in [5.74, 6) is 0.256. The lowest BCUT2D eigenvalue weighted by Gasteiger charge is -2.27. The maximum Gasteiger partial charge on any atom is 0.416 e. The van der Waals surface area contributed by atoms with Gasteiger partial charge in [0, 0.05) is 26.1 Å². The fraction of sp³-hybridized carbons (Fsp3) is 0.296. The number of hydrogen-bond acceptors (Lipinski definition) is 5. The largest absolute Gasteiger partial charge is 0.491 e. The molecule has 0 bridgehead atoms. The molecule has 1 aliphatic rings. The van der Waals surface area contributed by atoms with Crippen LogP contribution in [0.25, 0.3) is 0 Å². The van der Waals surface area contributed by atoms with E-state index in [0.717, 1.165) is 17.7 Å². The molecule has 3 aromatic carbocycles. The van der Waals surface area contributed by atoms with Crippen LogP contribution in [0.4, 0.5) is 17.6 Å². The van der Waals surface area contributed by atoms with Crippen LogP contribution in [0.5, 0.6) is 5.75 Å². The van der Waals surface area contributed by atoms with Crippen molar-refractivity contribution in [3.63, 3.8) is 0 Å². The van der Waals surface area contributed by atoms with E-state index in [0.29, 0.717) is 30.0 Å². The molecule has 0 saturated heterocycles. The first kappa shape index (κ1) is 25.7. The second-order valence-electron chi connectivity index (χ2n) is 8.65. The first-order valence-corrected chi connectivity index (χ1v) is 11.5. The molecule has 1 N–H and O–H groups in total. The van der Waals surface area contributed by atoms with Crippen LogP contribution in [0.15, 0.2) is 84.0 Å². The van der Waals surface area contributed by atoms with Gasteiger partial charge in [0.25, 0.3) is 0 Å². The first-order valence-electron chi connectivity index (χ1n) is 11.5. The van der Waals surface area contributed by atoms with E-state index >= 15 is 0 Å². The summed E-state index contributed by atoms with van der Waals surface area (Å²) in [6.45, 7) is 0.645. The Labute approximate surface area is 206 Å². The number of aliphatic hydroxyl groups is 1. The molecule has 3 aromatic rings. The van der Waals surface area contributed by atoms with Gasteiger partial charge in [-0.15, -0.1) is 0 Å². The average Bonchev–Trinajstić information content (AvgIpc) is 3.32. The maximum absolute atomic E-state index is 13.2. The van der Waals surface area contributed by atoms with Gasteiger partial charge in [0.2, 0.25) is 0 Å². The molecule has 0 aromatic heterocycles. The zero-order chi connectivity index (χ0) is 25.5. The zero-order valence-electron chi connectivity index (χ0n) is 19.4. The highest BCUT2D eigenvalue weighted by Crippen LogP contribution is 2.30. The Balaban J connectivity index is 1.42. The molecule has 1 aliphatic heterocycles. The minimum Gasteiger partial charge on any atom is -0.491 e. The smallest absolute Gasteiger partial charge is 0.416 e. The number of nitrogens with zero attached hydrogens (tertiary/aromatic N) is 2. The molecule has 0 unspecified atom stereocenters. The summed E-state index contributed by atoms with van der Waals surface area (Å²) in [5.41, 5.74) is 1.12. The SMILES string of the molecule is O[C@@H](COc1ccccc1)CN(Cc1cccc(C(F)(F)F)c1)C[C@@H]1CC(c2ccc(F)cc2)=NO1. The minimum absolute atomic E-state index is 0.0198. The van der Waals surface area contributed by atoms with Crippen LogP contribution in [0.3, 0.4) is 0 Å². The Kier molecular flexibility index (Phi) is 8.22. The molecule has 4 rings (SSSR count). The van der Waals surface area contributed by atoms with Crippen LogP contribution in [0.2, 0.25) is 0 Å². The number of benzene rings is 3. The summed E-state index contributed by atoms with van der Waals surface area (Å²) >= 11 is 0. The van der Waals surface area contributed by atoms with E-state index in [1.54, 1.807) is 30.3 Å². The van der Waals surface area contributed by atoms with E-state index in [9.17, 15) is 22.7 Å². The number of para-hydroxylation sites is 1. The van der Waals surface area contributed by atoms with E-state index in [1.165, 1.54) is 18.2 Å². The minimum atomic E-state index is -4.45. The van der Waals surface area contributed by atoms with Gasteiger partial charge in [-0.1, -0.05) is 53.7 Å². The lowest BCUT2D eigenvalue weighted by Crippen LogP contribution is -2.39. The number of aliphatic hydroxyl groups excluding tert-OH is 1. The van der Waals surface area contributed by atoms with Gasteiger partial charge in [-0.05, 0) is 41.5 Å². The number of oxime groups is 1. The summed E-state index contributed by atoms with van der Waals surface area (Å²) in [5, 5.41) is 14.7. The first-order chi connectivity index (χ1) is 17.3. The Morgan fingerprint density at radius 2 is 1.78 bits per heavy atom. The lowest BCUT2D eigenvalue weighted by molar-refractivity contribution is -0.137. The molecule has 9 heteroatoms. The van der Waals surface area contributed by atoms with Gasteiger partial charge < -0.3 is 14.7 Å². The van der Waals surface area contributed by atoms with Crippen molar-refractivity contribution in [1.82, 2.24) is 4.90 Å². The van der Waals surface area contributed by atoms with Crippen LogP contribution >= 0.6 is 0 Å². The van der Waals surface area contributed by atoms with E-state index in [2.05, 4.69) is 5.16 Å². The number of hydrogen-bond donors (Lipinski definition) is 1. The van der Waals surface area contributed by atoms with Crippen molar-refractivity contribution in [2.24, 2.45) is 5.16 Å². The van der Waals surface area contributed by atoms with Gasteiger partial charge in [-0.25, -0.2) is 4.39 Å². The average molecular weight is 503 g/mol. The molecule has 0 saturated carbocycles. The highest BCUT2D eigenvalue weighted by Gasteiger charge is 2.31. The predicted molar refractivity (Wildman–Crippen MR) is 127 cm³/mol. The monoisotopic (exact) mass is 502 g/mol. The van der Waals surface area contributed by atoms with Gasteiger partial charge in [-0.2, -0.15) is 13.2 Å². The topological polar surface area (TPSA) is 54.3 Å². The van der Waals surface area contributed by atoms with Crippen LogP contribution < -0.4 is 4.74 Å². The van der Waals surface area contributed by atoms with Gasteiger partial charge >= 0.3 is 6.18 Å². The Morgan fingerprint density at radius 3 is 2.50 bits per heavy atom. The van der Waals surface area contributed by atoms with Gasteiger partial charge in [0.1, 0.15) is 30.4 Å². The molecular formula is C27H26F4N2O3. The molecule has 36 heavy (non-hydrogen) atoms. The molecule has 5 nitrogen and oxygen atoms in total. The van der Waals surface area contributed by atoms with Crippen molar-refractivity contribution >= 4 is 5.71 Å². The summed E-state index contributed by atoms with van der Waals surface area (Å²) in [4.78, 5) is 7.39. The summed E-state index contributed by atoms with van der Waals surface area (Å²) < 4.78 is 58.5. The third-order valence-corrected chi connectivity index (χ3v) is 5.69. The van der Waals surface area contributed by atoms with Crippen molar-refractivity contribution in [1.29, 1.82) is 0 Å². The van der Waals surface area contributed by atoms with E-state index < -0.39 is 17.8 Å². The molecular weight excluding hydrogens is 476 g/mol. The molecule has 0 radical (unpaired) electrons. The fourth-order valence-electron chi connectivity index (χ4n) is 3.99. The van der Waals surface area contributed by atoms with Gasteiger partial charge in [-0.3, -0.25) is 4.90 Å². The van der Waals surface area contributed by atoms with E-state index in [1.807, 2.05) is 23.1 Å². The molecule has 0 amide bonds. The maximum atomic E-state index is 13.2. The van der Waals surface area contributed by atoms with Crippen LogP contribution in [0.1, 0.15) is 23.1 Å². The van der Waals surface area contributed by atoms with Crippen molar-refractivity contribution in [2.45, 2.75) is 31.3 Å². The Hall–Kier alpha value is -3.43. The Bertz CT molecular complexity index is 1150. The molecule has 0 fully saturated rings. The van der Waals surface area contributed by atoms with Crippen molar-refractivity contribution < 1.29 is 32.2 Å². The Morgan fingerprint density at radius 1 is 1.03 bits per heavy atom. The van der Waals surface area contributed by atoms with E-state index in [4.69, 9.17) is 9.57 Å². The summed E-state index contributed by atoms with van der Waals surface area (Å²) in [6, 6.07) is 20.1. The molecule has 2 atom stereocenters. The molecule has 0 aliphatic carbocycles. The molecule has 0 spiro atoms. The number of halogens is 4. The fourth-order valence-corrected chi connectivity index (χ4v) is 3.99. The highest BCUT2D eigenvalue weighted by molar-refractivity contribution is 6.01. The van der Waals surface area contributed by atoms with Crippen LogP contribution in [-0.4, -0.2) is 47.6 Å². The summed E-state index contributed by atoms with van der Waals surface area (Å²) in [7, 11) is 0. The highest BCUT2D eigenvalue weighted by atomic mass is 19.4. The van der Waals surface area contributed by atoms with Gasteiger partial charge in [0.05, 0.1) is 11.3 Å². The number of alkyl halides is 3. The quantitative estimate of drug-likeness (QED) is 0.384. The third-order valence-electron chi connectivity index (χ3n) is 5.69. The number of ether oxygens (including phenoxy) is 1. The standard InChI is InChI=1S/C27H26F4N2O3/c28-22-11-9-20(10-12-22)26-14-25(36-32-26)17-33(15-19-5-4-6-21(13-19)27(29,30)31)16-23(34)18-35-24-7-2-1-3-8-24/h1-13,23,25,34H,14-18H2/t23-,25+/m1/s1. The van der Waals surface area contributed by atoms with E-state index in [-0.39, 0.29) is 31.6 Å². The van der Waals surface area contributed by atoms with Crippen LogP contribution in [-0.2, 0) is 17.6 Å². The second kappa shape index (κ2) is 11.5. The zero-order valence-corrected chi connectivity index (χ0v) is 19.4. The molecule has 190 valence electrons.